The molecule has 1 rings (SSSR count). The van der Waals surface area contributed by atoms with Gasteiger partial charge in [0, 0.05) is 19.6 Å². The molecule has 0 heterocycles. The van der Waals surface area contributed by atoms with Crippen molar-refractivity contribution < 1.29 is 18.0 Å². The van der Waals surface area contributed by atoms with Gasteiger partial charge in [-0.1, -0.05) is 32.0 Å². The highest BCUT2D eigenvalue weighted by molar-refractivity contribution is 5.78. The maximum atomic E-state index is 12.6. The molecule has 0 aliphatic heterocycles. The van der Waals surface area contributed by atoms with Crippen LogP contribution in [0.15, 0.2) is 24.3 Å². The van der Waals surface area contributed by atoms with Gasteiger partial charge < -0.3 is 10.6 Å². The molecule has 1 aromatic rings. The lowest BCUT2D eigenvalue weighted by molar-refractivity contribution is -0.137. The van der Waals surface area contributed by atoms with Gasteiger partial charge in [0.15, 0.2) is 0 Å². The van der Waals surface area contributed by atoms with Crippen LogP contribution < -0.4 is 5.73 Å². The van der Waals surface area contributed by atoms with Gasteiger partial charge in [-0.2, -0.15) is 13.2 Å². The quantitative estimate of drug-likeness (QED) is 0.876. The highest BCUT2D eigenvalue weighted by Crippen LogP contribution is 2.29. The van der Waals surface area contributed by atoms with E-state index in [1.807, 2.05) is 13.8 Å². The number of hydrogen-bond donors (Lipinski definition) is 1. The Morgan fingerprint density at radius 3 is 2.50 bits per heavy atom. The van der Waals surface area contributed by atoms with Gasteiger partial charge in [0.05, 0.1) is 12.0 Å². The zero-order valence-electron chi connectivity index (χ0n) is 13.2. The van der Waals surface area contributed by atoms with E-state index in [9.17, 15) is 18.0 Å². The van der Waals surface area contributed by atoms with E-state index in [0.717, 1.165) is 12.1 Å². The average Bonchev–Trinajstić information content (AvgIpc) is 2.43. The third-order valence-corrected chi connectivity index (χ3v) is 3.69. The summed E-state index contributed by atoms with van der Waals surface area (Å²) in [5.74, 6) is 0.113. The molecule has 0 aromatic heterocycles. The lowest BCUT2D eigenvalue weighted by Crippen LogP contribution is -2.35. The molecule has 0 fully saturated rings. The molecule has 1 amide bonds. The summed E-state index contributed by atoms with van der Waals surface area (Å²) in [7, 11) is 1.64. The number of likely N-dealkylation sites (N-methyl/N-ethyl adjacent to an activating group) is 1. The number of alkyl halides is 3. The van der Waals surface area contributed by atoms with Gasteiger partial charge in [0.2, 0.25) is 5.91 Å². The number of hydrogen-bond acceptors (Lipinski definition) is 2. The van der Waals surface area contributed by atoms with Gasteiger partial charge in [-0.05, 0) is 24.0 Å². The number of carbonyl (C=O) groups is 1. The second kappa shape index (κ2) is 7.63. The van der Waals surface area contributed by atoms with Gasteiger partial charge in [0.25, 0.3) is 0 Å². The molecular formula is C16H23F3N2O. The molecule has 2 N–H and O–H groups in total. The predicted molar refractivity (Wildman–Crippen MR) is 80.2 cm³/mol. The zero-order chi connectivity index (χ0) is 16.9. The van der Waals surface area contributed by atoms with Gasteiger partial charge in [-0.15, -0.1) is 0 Å². The van der Waals surface area contributed by atoms with Crippen LogP contribution in [0.2, 0.25) is 0 Å². The van der Waals surface area contributed by atoms with Crippen LogP contribution in [0.5, 0.6) is 0 Å². The molecule has 1 atom stereocenters. The third kappa shape index (κ3) is 5.67. The molecular weight excluding hydrogens is 293 g/mol. The summed E-state index contributed by atoms with van der Waals surface area (Å²) in [6.45, 7) is 4.52. The van der Waals surface area contributed by atoms with E-state index in [1.165, 1.54) is 17.0 Å². The molecule has 0 saturated carbocycles. The minimum atomic E-state index is -4.39. The minimum Gasteiger partial charge on any atom is -0.345 e. The van der Waals surface area contributed by atoms with Crippen LogP contribution in [0.1, 0.15) is 31.4 Å². The van der Waals surface area contributed by atoms with E-state index < -0.39 is 11.7 Å². The highest BCUT2D eigenvalue weighted by atomic mass is 19.4. The monoisotopic (exact) mass is 316 g/mol. The Morgan fingerprint density at radius 2 is 1.95 bits per heavy atom. The molecule has 0 radical (unpaired) electrons. The van der Waals surface area contributed by atoms with E-state index in [-0.39, 0.29) is 18.4 Å². The van der Waals surface area contributed by atoms with Crippen LogP contribution >= 0.6 is 0 Å². The molecule has 0 bridgehead atoms. The fourth-order valence-corrected chi connectivity index (χ4v) is 1.97. The topological polar surface area (TPSA) is 46.3 Å². The highest BCUT2D eigenvalue weighted by Gasteiger charge is 2.30. The second-order valence-corrected chi connectivity index (χ2v) is 5.89. The normalized spacial score (nSPS) is 13.3. The molecule has 6 heteroatoms. The summed E-state index contributed by atoms with van der Waals surface area (Å²) in [6, 6.07) is 4.87. The van der Waals surface area contributed by atoms with Gasteiger partial charge in [0.1, 0.15) is 0 Å². The smallest absolute Gasteiger partial charge is 0.345 e. The van der Waals surface area contributed by atoms with Crippen molar-refractivity contribution in [1.29, 1.82) is 0 Å². The number of halogens is 3. The van der Waals surface area contributed by atoms with Crippen LogP contribution in [0.25, 0.3) is 0 Å². The van der Waals surface area contributed by atoms with E-state index in [0.29, 0.717) is 24.4 Å². The maximum absolute atomic E-state index is 12.6. The minimum absolute atomic E-state index is 0.00353. The van der Waals surface area contributed by atoms with Crippen molar-refractivity contribution in [2.45, 2.75) is 38.9 Å². The largest absolute Gasteiger partial charge is 0.416 e. The molecule has 22 heavy (non-hydrogen) atoms. The number of amides is 1. The summed E-state index contributed by atoms with van der Waals surface area (Å²) >= 11 is 0. The SMILES string of the molecule is CC(C)C(N)CCN(C)C(=O)Cc1cccc(C(F)(F)F)c1. The van der Waals surface area contributed by atoms with E-state index in [1.54, 1.807) is 7.05 Å². The molecule has 0 aliphatic rings. The summed E-state index contributed by atoms with van der Waals surface area (Å²) in [4.78, 5) is 13.6. The first-order valence-corrected chi connectivity index (χ1v) is 7.27. The molecule has 3 nitrogen and oxygen atoms in total. The fraction of sp³-hybridized carbons (Fsp3) is 0.562. The number of nitrogens with two attached hydrogens (primary N) is 1. The Morgan fingerprint density at radius 1 is 1.32 bits per heavy atom. The number of carbonyl (C=O) groups excluding carboxylic acids is 1. The molecule has 0 spiro atoms. The summed E-state index contributed by atoms with van der Waals surface area (Å²) < 4.78 is 37.9. The van der Waals surface area contributed by atoms with Crippen molar-refractivity contribution in [3.8, 4) is 0 Å². The molecule has 1 aromatic carbocycles. The Kier molecular flexibility index (Phi) is 6.41. The first-order valence-electron chi connectivity index (χ1n) is 7.27. The lowest BCUT2D eigenvalue weighted by Gasteiger charge is -2.21. The average molecular weight is 316 g/mol. The van der Waals surface area contributed by atoms with Crippen molar-refractivity contribution in [2.75, 3.05) is 13.6 Å². The van der Waals surface area contributed by atoms with Crippen LogP contribution in [-0.2, 0) is 17.4 Å². The van der Waals surface area contributed by atoms with Crippen molar-refractivity contribution in [3.63, 3.8) is 0 Å². The first-order chi connectivity index (χ1) is 10.1. The second-order valence-electron chi connectivity index (χ2n) is 5.89. The van der Waals surface area contributed by atoms with Crippen LogP contribution in [-0.4, -0.2) is 30.4 Å². The summed E-state index contributed by atoms with van der Waals surface area (Å²) in [5, 5.41) is 0. The van der Waals surface area contributed by atoms with Gasteiger partial charge in [-0.3, -0.25) is 4.79 Å². The predicted octanol–water partition coefficient (Wildman–Crippen LogP) is 3.08. The van der Waals surface area contributed by atoms with Crippen molar-refractivity contribution in [1.82, 2.24) is 4.90 Å². The number of rotatable bonds is 6. The van der Waals surface area contributed by atoms with E-state index in [4.69, 9.17) is 5.73 Å². The fourth-order valence-electron chi connectivity index (χ4n) is 1.97. The maximum Gasteiger partial charge on any atom is 0.416 e. The molecule has 124 valence electrons. The van der Waals surface area contributed by atoms with Gasteiger partial charge in [-0.25, -0.2) is 0 Å². The van der Waals surface area contributed by atoms with Crippen LogP contribution in [0, 0.1) is 5.92 Å². The van der Waals surface area contributed by atoms with Crippen molar-refractivity contribution in [3.05, 3.63) is 35.4 Å². The van der Waals surface area contributed by atoms with Crippen LogP contribution in [0.4, 0.5) is 13.2 Å². The Labute approximate surface area is 129 Å². The number of nitrogens with zero attached hydrogens (tertiary/aromatic N) is 1. The lowest BCUT2D eigenvalue weighted by atomic mass is 10.0. The summed E-state index contributed by atoms with van der Waals surface area (Å²) in [5.41, 5.74) is 5.55. The third-order valence-electron chi connectivity index (χ3n) is 3.69. The van der Waals surface area contributed by atoms with Crippen molar-refractivity contribution in [2.24, 2.45) is 11.7 Å². The zero-order valence-corrected chi connectivity index (χ0v) is 13.2. The standard InChI is InChI=1S/C16H23F3N2O/c1-11(2)14(20)7-8-21(3)15(22)10-12-5-4-6-13(9-12)16(17,18)19/h4-6,9,11,14H,7-8,10,20H2,1-3H3. The van der Waals surface area contributed by atoms with E-state index in [2.05, 4.69) is 0 Å². The van der Waals surface area contributed by atoms with Crippen LogP contribution in [0.3, 0.4) is 0 Å². The van der Waals surface area contributed by atoms with E-state index >= 15 is 0 Å². The number of benzene rings is 1. The summed E-state index contributed by atoms with van der Waals surface area (Å²) in [6.07, 6.45) is -3.77. The Bertz CT molecular complexity index is 500. The molecule has 0 aliphatic carbocycles. The molecule has 0 saturated heterocycles. The van der Waals surface area contributed by atoms with Gasteiger partial charge >= 0.3 is 6.18 Å². The van der Waals surface area contributed by atoms with Crippen molar-refractivity contribution >= 4 is 5.91 Å². The molecule has 1 unspecified atom stereocenters. The Balaban J connectivity index is 2.61. The first kappa shape index (κ1) is 18.5. The Hall–Kier alpha value is -1.56.